The first-order valence-corrected chi connectivity index (χ1v) is 15.3. The summed E-state index contributed by atoms with van der Waals surface area (Å²) in [5, 5.41) is 7.02. The van der Waals surface area contributed by atoms with Crippen molar-refractivity contribution in [3.05, 3.63) is 41.2 Å². The second kappa shape index (κ2) is 12.6. The lowest BCUT2D eigenvalue weighted by Crippen LogP contribution is -2.41. The molecule has 4 atom stereocenters. The number of rotatable bonds is 9. The number of hydrogen-bond donors (Lipinski definition) is 3. The lowest BCUT2D eigenvalue weighted by Gasteiger charge is -2.32. The zero-order valence-electron chi connectivity index (χ0n) is 20.5. The Hall–Kier alpha value is -1.09. The molecule has 3 rings (SSSR count). The maximum atomic E-state index is 6.64. The number of hydrazine groups is 1. The zero-order chi connectivity index (χ0) is 24.0. The predicted octanol–water partition coefficient (Wildman–Crippen LogP) is 5.42. The molecule has 0 saturated heterocycles. The van der Waals surface area contributed by atoms with Crippen LogP contribution in [0.5, 0.6) is 0 Å². The molecule has 1 heterocycles. The zero-order valence-corrected chi connectivity index (χ0v) is 23.5. The Balaban J connectivity index is 1.75. The first-order chi connectivity index (χ1) is 15.8. The molecule has 4 N–H and O–H groups in total. The Kier molecular flexibility index (Phi) is 10.1. The molecule has 0 bridgehead atoms. The van der Waals surface area contributed by atoms with Crippen LogP contribution in [-0.4, -0.2) is 42.3 Å². The van der Waals surface area contributed by atoms with Gasteiger partial charge in [-0.05, 0) is 82.5 Å². The maximum absolute atomic E-state index is 6.64. The summed E-state index contributed by atoms with van der Waals surface area (Å²) in [6.07, 6.45) is 11.8. The lowest BCUT2D eigenvalue weighted by molar-refractivity contribution is 0.251. The summed E-state index contributed by atoms with van der Waals surface area (Å²) in [6, 6.07) is 0.730. The monoisotopic (exact) mass is 579 g/mol. The fraction of sp³-hybridized carbons (Fsp3) is 0.615. The molecule has 33 heavy (non-hydrogen) atoms. The molecule has 5 nitrogen and oxygen atoms in total. The molecule has 2 aliphatic carbocycles. The normalized spacial score (nSPS) is 27.8. The van der Waals surface area contributed by atoms with E-state index in [1.165, 1.54) is 12.8 Å². The van der Waals surface area contributed by atoms with E-state index in [2.05, 4.69) is 95.2 Å². The Morgan fingerprint density at radius 2 is 2.12 bits per heavy atom. The van der Waals surface area contributed by atoms with E-state index in [4.69, 9.17) is 10.8 Å². The highest BCUT2D eigenvalue weighted by Crippen LogP contribution is 2.42. The van der Waals surface area contributed by atoms with Crippen LogP contribution >= 0.6 is 30.8 Å². The van der Waals surface area contributed by atoms with E-state index in [1.54, 1.807) is 5.31 Å². The largest absolute Gasteiger partial charge is 0.351 e. The van der Waals surface area contributed by atoms with Gasteiger partial charge in [0.15, 0.2) is 6.17 Å². The van der Waals surface area contributed by atoms with E-state index < -0.39 is 0 Å². The minimum absolute atomic E-state index is 0.000982. The van der Waals surface area contributed by atoms with Crippen molar-refractivity contribution in [1.29, 1.82) is 0 Å². The predicted molar refractivity (Wildman–Crippen MR) is 151 cm³/mol. The van der Waals surface area contributed by atoms with Gasteiger partial charge in [0.25, 0.3) is 0 Å². The summed E-state index contributed by atoms with van der Waals surface area (Å²) in [4.78, 5) is 4.91. The number of aliphatic imine (C=N–C) groups is 1. The highest BCUT2D eigenvalue weighted by molar-refractivity contribution is 14.1. The fourth-order valence-corrected chi connectivity index (χ4v) is 6.05. The van der Waals surface area contributed by atoms with Crippen molar-refractivity contribution in [2.24, 2.45) is 22.7 Å². The number of hydrogen-bond acceptors (Lipinski definition) is 5. The van der Waals surface area contributed by atoms with Crippen LogP contribution in [0.15, 0.2) is 46.2 Å². The van der Waals surface area contributed by atoms with Gasteiger partial charge >= 0.3 is 0 Å². The second-order valence-corrected chi connectivity index (χ2v) is 12.6. The summed E-state index contributed by atoms with van der Waals surface area (Å²) in [7, 11) is -0.000982. The van der Waals surface area contributed by atoms with Gasteiger partial charge in [-0.25, -0.2) is 5.84 Å². The molecule has 0 amide bonds. The van der Waals surface area contributed by atoms with Gasteiger partial charge in [-0.1, -0.05) is 38.9 Å². The molecule has 0 spiro atoms. The molecule has 3 aliphatic rings. The van der Waals surface area contributed by atoms with Gasteiger partial charge in [0.2, 0.25) is 0 Å². The molecule has 1 saturated carbocycles. The van der Waals surface area contributed by atoms with Gasteiger partial charge < -0.3 is 5.32 Å². The van der Waals surface area contributed by atoms with Crippen LogP contribution in [0.3, 0.4) is 0 Å². The third-order valence-electron chi connectivity index (χ3n) is 6.93. The van der Waals surface area contributed by atoms with Crippen molar-refractivity contribution < 1.29 is 0 Å². The number of halogens is 1. The molecule has 0 aromatic rings. The smallest absolute Gasteiger partial charge is 0.182 e. The quantitative estimate of drug-likeness (QED) is 0.0650. The first kappa shape index (κ1) is 26.5. The summed E-state index contributed by atoms with van der Waals surface area (Å²) in [5.41, 5.74) is 6.07. The molecule has 2 unspecified atom stereocenters. The van der Waals surface area contributed by atoms with Gasteiger partial charge in [0.05, 0.1) is 11.4 Å². The molecular formula is C26H39IN5P. The van der Waals surface area contributed by atoms with Crippen molar-refractivity contribution in [2.75, 3.05) is 13.3 Å². The number of nitrogens with one attached hydrogen (secondary N) is 2. The van der Waals surface area contributed by atoms with E-state index in [0.29, 0.717) is 18.0 Å². The Bertz CT molecular complexity index is 901. The summed E-state index contributed by atoms with van der Waals surface area (Å²) >= 11 is 2.26. The molecule has 0 radical (unpaired) electrons. The van der Waals surface area contributed by atoms with Crippen molar-refractivity contribution in [3.8, 4) is 11.8 Å². The maximum Gasteiger partial charge on any atom is 0.182 e. The van der Waals surface area contributed by atoms with Crippen molar-refractivity contribution in [2.45, 2.75) is 77.0 Å². The van der Waals surface area contributed by atoms with Crippen molar-refractivity contribution in [3.63, 3.8) is 0 Å². The van der Waals surface area contributed by atoms with Gasteiger partial charge in [0.1, 0.15) is 0 Å². The highest BCUT2D eigenvalue weighted by atomic mass is 127. The molecule has 0 aromatic carbocycles. The summed E-state index contributed by atoms with van der Waals surface area (Å²) in [5.74, 6) is 14.4. The van der Waals surface area contributed by atoms with Crippen molar-refractivity contribution >= 4 is 36.5 Å². The second-order valence-electron chi connectivity index (χ2n) is 9.65. The third kappa shape index (κ3) is 7.70. The van der Waals surface area contributed by atoms with E-state index >= 15 is 0 Å². The topological polar surface area (TPSA) is 65.7 Å². The lowest BCUT2D eigenvalue weighted by atomic mass is 9.99. The Morgan fingerprint density at radius 3 is 2.70 bits per heavy atom. The summed E-state index contributed by atoms with van der Waals surface area (Å²) in [6.45, 7) is 12.9. The van der Waals surface area contributed by atoms with Crippen LogP contribution in [0.4, 0.5) is 0 Å². The Morgan fingerprint density at radius 1 is 1.36 bits per heavy atom. The highest BCUT2D eigenvalue weighted by Gasteiger charge is 2.31. The van der Waals surface area contributed by atoms with E-state index in [9.17, 15) is 0 Å². The number of allylic oxidation sites excluding steroid dienone is 3. The van der Waals surface area contributed by atoms with E-state index in [0.717, 1.165) is 55.1 Å². The minimum atomic E-state index is -0.331. The van der Waals surface area contributed by atoms with Crippen LogP contribution in [0.2, 0.25) is 0 Å². The minimum Gasteiger partial charge on any atom is -0.351 e. The Labute approximate surface area is 215 Å². The standard InChI is InChI=1S/C26H39IN5P/c1-6-21(17-25(31-27)20-8-9-20)30-26-16-13-22(10-7-18(2)19(3)29-26)32(28)23-11-14-24(15-12-23)33(4)5/h10,14,18,20,23,25-26,30-31H,1,7-9,11-12,15,17,28H2,2-5H3/b22-10-,29-19?/t18?,23-,25?,26+/m1/s1. The van der Waals surface area contributed by atoms with Crippen molar-refractivity contribution in [1.82, 2.24) is 13.9 Å². The van der Waals surface area contributed by atoms with Crippen LogP contribution in [-0.2, 0) is 0 Å². The summed E-state index contributed by atoms with van der Waals surface area (Å²) < 4.78 is 3.42. The number of nitrogens with zero attached hydrogens (tertiary/aromatic N) is 2. The molecular weight excluding hydrogens is 540 g/mol. The molecule has 1 aliphatic heterocycles. The molecule has 7 heteroatoms. The van der Waals surface area contributed by atoms with Gasteiger partial charge in [-0.2, -0.15) is 0 Å². The van der Waals surface area contributed by atoms with Gasteiger partial charge in [0, 0.05) is 47.1 Å². The molecule has 180 valence electrons. The van der Waals surface area contributed by atoms with E-state index in [1.807, 2.05) is 5.01 Å². The van der Waals surface area contributed by atoms with Gasteiger partial charge in [-0.3, -0.25) is 13.5 Å². The average Bonchev–Trinajstić information content (AvgIpc) is 3.65. The molecule has 1 fully saturated rings. The van der Waals surface area contributed by atoms with Crippen LogP contribution in [0.1, 0.15) is 58.8 Å². The van der Waals surface area contributed by atoms with Gasteiger partial charge in [-0.15, -0.1) is 5.73 Å². The van der Waals surface area contributed by atoms with Crippen LogP contribution in [0.25, 0.3) is 0 Å². The SMILES string of the molecule is C=C=C(CC(NI)C1CC1)N[C@H]1C#C/C(N(N)[C@@H]2CC=C(P(C)C)CC2)=C/CC(C)C(C)=N1. The fourth-order valence-electron chi connectivity index (χ4n) is 4.28. The molecule has 0 aromatic heterocycles. The van der Waals surface area contributed by atoms with E-state index in [-0.39, 0.29) is 14.1 Å². The first-order valence-electron chi connectivity index (χ1n) is 12.0. The average molecular weight is 580 g/mol. The third-order valence-corrected chi connectivity index (χ3v) is 9.29. The van der Waals surface area contributed by atoms with Crippen LogP contribution < -0.4 is 14.7 Å². The van der Waals surface area contributed by atoms with Crippen LogP contribution in [0, 0.1) is 23.7 Å². The number of nitrogens with two attached hydrogens (primary N) is 1.